The number of Topliss-reactive ketones (excluding diaryl/α,β-unsaturated/α-hetero) is 1. The van der Waals surface area contributed by atoms with Gasteiger partial charge in [-0.05, 0) is 18.2 Å². The number of amides is 1. The van der Waals surface area contributed by atoms with E-state index in [2.05, 4.69) is 4.98 Å². The molecule has 1 saturated heterocycles. The maximum absolute atomic E-state index is 13.2. The van der Waals surface area contributed by atoms with Gasteiger partial charge in [-0.25, -0.2) is 0 Å². The zero-order valence-corrected chi connectivity index (χ0v) is 20.6. The number of fused-ring (bicyclic) bond motifs is 1. The highest BCUT2D eigenvalue weighted by Gasteiger charge is 2.28. The number of aliphatic hydroxyl groups excluding tert-OH is 2. The first kappa shape index (κ1) is 25.4. The molecule has 4 rings (SSSR count). The van der Waals surface area contributed by atoms with E-state index in [1.165, 1.54) is 19.5 Å². The number of methoxy groups -OCH3 is 1. The highest BCUT2D eigenvalue weighted by atomic mass is 35.5. The van der Waals surface area contributed by atoms with Gasteiger partial charge in [0.05, 0.1) is 17.2 Å². The zero-order valence-electron chi connectivity index (χ0n) is 19.0. The number of aromatic nitrogens is 1. The summed E-state index contributed by atoms with van der Waals surface area (Å²) in [6.45, 7) is 1.60. The number of ketones is 1. The van der Waals surface area contributed by atoms with Crippen molar-refractivity contribution in [2.45, 2.75) is 19.1 Å². The van der Waals surface area contributed by atoms with Crippen LogP contribution in [0.4, 0.5) is 0 Å². The first-order valence-corrected chi connectivity index (χ1v) is 11.8. The number of aliphatic hydroxyl groups is 2. The summed E-state index contributed by atoms with van der Waals surface area (Å²) >= 11 is 12.4. The fraction of sp³-hybridized carbons (Fsp3) is 0.375. The topological polar surface area (TPSA) is 116 Å². The van der Waals surface area contributed by atoms with Gasteiger partial charge in [-0.2, -0.15) is 0 Å². The predicted molar refractivity (Wildman–Crippen MR) is 130 cm³/mol. The minimum absolute atomic E-state index is 0.0474. The summed E-state index contributed by atoms with van der Waals surface area (Å²) < 4.78 is 11.3. The number of piperazine rings is 1. The van der Waals surface area contributed by atoms with Crippen LogP contribution in [0.15, 0.2) is 35.0 Å². The molecule has 35 heavy (non-hydrogen) atoms. The number of halogens is 2. The van der Waals surface area contributed by atoms with Crippen LogP contribution in [-0.4, -0.2) is 82.8 Å². The Bertz CT molecular complexity index is 1220. The third-order valence-corrected chi connectivity index (χ3v) is 6.73. The lowest BCUT2D eigenvalue weighted by Gasteiger charge is -2.36. The van der Waals surface area contributed by atoms with E-state index in [9.17, 15) is 14.7 Å². The number of nitrogens with zero attached hydrogens (tertiary/aromatic N) is 3. The lowest BCUT2D eigenvalue weighted by Crippen LogP contribution is -2.52. The average molecular weight is 522 g/mol. The van der Waals surface area contributed by atoms with Crippen molar-refractivity contribution in [2.75, 3.05) is 39.9 Å². The van der Waals surface area contributed by atoms with Gasteiger partial charge < -0.3 is 24.3 Å². The molecule has 3 heterocycles. The third kappa shape index (κ3) is 5.29. The molecule has 1 aliphatic heterocycles. The quantitative estimate of drug-likeness (QED) is 0.434. The number of ether oxygens (including phenoxy) is 1. The minimum atomic E-state index is -0.747. The lowest BCUT2D eigenvalue weighted by molar-refractivity contribution is -0.0344. The predicted octanol–water partition coefficient (Wildman–Crippen LogP) is 3.03. The summed E-state index contributed by atoms with van der Waals surface area (Å²) in [7, 11) is 1.48. The van der Waals surface area contributed by atoms with Gasteiger partial charge in [0.15, 0.2) is 22.9 Å². The van der Waals surface area contributed by atoms with Crippen LogP contribution >= 0.6 is 23.2 Å². The van der Waals surface area contributed by atoms with Crippen molar-refractivity contribution >= 4 is 45.9 Å². The Balaban J connectivity index is 1.59. The van der Waals surface area contributed by atoms with Crippen molar-refractivity contribution in [3.05, 3.63) is 57.5 Å². The molecule has 0 radical (unpaired) electrons. The molecule has 1 aromatic carbocycles. The second-order valence-corrected chi connectivity index (χ2v) is 8.99. The van der Waals surface area contributed by atoms with E-state index in [-0.39, 0.29) is 36.9 Å². The van der Waals surface area contributed by atoms with E-state index in [1.54, 1.807) is 23.1 Å². The monoisotopic (exact) mass is 521 g/mol. The number of furan rings is 1. The molecule has 2 aromatic heterocycles. The fourth-order valence-corrected chi connectivity index (χ4v) is 4.65. The van der Waals surface area contributed by atoms with Gasteiger partial charge in [0.25, 0.3) is 5.91 Å². The Morgan fingerprint density at radius 3 is 2.49 bits per heavy atom. The van der Waals surface area contributed by atoms with Crippen molar-refractivity contribution in [2.24, 2.45) is 0 Å². The van der Waals surface area contributed by atoms with E-state index in [0.29, 0.717) is 64.1 Å². The van der Waals surface area contributed by atoms with Crippen LogP contribution in [0.1, 0.15) is 32.9 Å². The van der Waals surface area contributed by atoms with Crippen molar-refractivity contribution < 1.29 is 29.0 Å². The molecule has 1 aliphatic rings. The lowest BCUT2D eigenvalue weighted by atomic mass is 10.00. The molecule has 1 amide bonds. The van der Waals surface area contributed by atoms with Crippen molar-refractivity contribution in [1.82, 2.24) is 14.8 Å². The zero-order chi connectivity index (χ0) is 25.1. The molecule has 9 nitrogen and oxygen atoms in total. The second kappa shape index (κ2) is 10.9. The van der Waals surface area contributed by atoms with Crippen molar-refractivity contribution in [1.29, 1.82) is 0 Å². The van der Waals surface area contributed by atoms with E-state index in [0.717, 1.165) is 0 Å². The molecule has 11 heteroatoms. The van der Waals surface area contributed by atoms with E-state index < -0.39 is 6.23 Å². The highest BCUT2D eigenvalue weighted by Crippen LogP contribution is 2.34. The van der Waals surface area contributed by atoms with Crippen LogP contribution in [-0.2, 0) is 6.42 Å². The Hall–Kier alpha value is -2.69. The molecule has 3 aromatic rings. The van der Waals surface area contributed by atoms with Gasteiger partial charge in [-0.1, -0.05) is 23.2 Å². The van der Waals surface area contributed by atoms with Gasteiger partial charge in [0.1, 0.15) is 6.23 Å². The van der Waals surface area contributed by atoms with Crippen LogP contribution < -0.4 is 4.74 Å². The standard InChI is InChI=1S/C24H25Cl2N3O6/c1-34-20-3-2-14(19(31)10-16-17(25)12-27-13-18(16)26)15-11-21(35-23(15)20)24(33)29-7-5-28(6-8-29)22(32)4-9-30/h2-3,11-13,22,30,32H,4-10H2,1H3. The maximum atomic E-state index is 13.2. The first-order valence-electron chi connectivity index (χ1n) is 11.1. The molecule has 1 atom stereocenters. The summed E-state index contributed by atoms with van der Waals surface area (Å²) in [5.41, 5.74) is 1.12. The van der Waals surface area contributed by atoms with Crippen LogP contribution in [0.2, 0.25) is 10.0 Å². The van der Waals surface area contributed by atoms with E-state index in [1.807, 2.05) is 4.90 Å². The van der Waals surface area contributed by atoms with Crippen LogP contribution in [0.3, 0.4) is 0 Å². The van der Waals surface area contributed by atoms with Crippen molar-refractivity contribution in [3.63, 3.8) is 0 Å². The number of pyridine rings is 1. The van der Waals surface area contributed by atoms with Gasteiger partial charge in [0.2, 0.25) is 0 Å². The Morgan fingerprint density at radius 2 is 1.86 bits per heavy atom. The molecule has 1 fully saturated rings. The number of carbonyl (C=O) groups excluding carboxylic acids is 2. The molecule has 0 saturated carbocycles. The molecule has 186 valence electrons. The van der Waals surface area contributed by atoms with E-state index in [4.69, 9.17) is 37.5 Å². The summed E-state index contributed by atoms with van der Waals surface area (Å²) in [4.78, 5) is 33.7. The summed E-state index contributed by atoms with van der Waals surface area (Å²) in [6, 6.07) is 4.79. The smallest absolute Gasteiger partial charge is 0.289 e. The summed E-state index contributed by atoms with van der Waals surface area (Å²) in [5, 5.41) is 20.1. The fourth-order valence-electron chi connectivity index (χ4n) is 4.15. The Kier molecular flexibility index (Phi) is 7.93. The summed E-state index contributed by atoms with van der Waals surface area (Å²) in [5.74, 6) is -0.0903. The number of hydrogen-bond donors (Lipinski definition) is 2. The number of carbonyl (C=O) groups is 2. The van der Waals surface area contributed by atoms with Gasteiger partial charge in [0, 0.05) is 74.5 Å². The Labute approximate surface area is 211 Å². The SMILES string of the molecule is COc1ccc(C(=O)Cc2c(Cl)cncc2Cl)c2cc(C(=O)N3CCN(C(O)CCO)CC3)oc12. The molecular formula is C24H25Cl2N3O6. The minimum Gasteiger partial charge on any atom is -0.493 e. The molecular weight excluding hydrogens is 497 g/mol. The molecule has 2 N–H and O–H groups in total. The number of rotatable bonds is 8. The maximum Gasteiger partial charge on any atom is 0.289 e. The summed E-state index contributed by atoms with van der Waals surface area (Å²) in [6.07, 6.45) is 2.31. The largest absolute Gasteiger partial charge is 0.493 e. The molecule has 0 spiro atoms. The number of hydrogen-bond acceptors (Lipinski definition) is 8. The van der Waals surface area contributed by atoms with Gasteiger partial charge >= 0.3 is 0 Å². The molecule has 0 bridgehead atoms. The number of benzene rings is 1. The normalized spacial score (nSPS) is 15.4. The molecule has 1 unspecified atom stereocenters. The highest BCUT2D eigenvalue weighted by molar-refractivity contribution is 6.36. The van der Waals surface area contributed by atoms with Crippen LogP contribution in [0.25, 0.3) is 11.0 Å². The average Bonchev–Trinajstić information content (AvgIpc) is 3.31. The second-order valence-electron chi connectivity index (χ2n) is 8.17. The Morgan fingerprint density at radius 1 is 1.17 bits per heavy atom. The van der Waals surface area contributed by atoms with Gasteiger partial charge in [-0.15, -0.1) is 0 Å². The molecule has 0 aliphatic carbocycles. The third-order valence-electron chi connectivity index (χ3n) is 6.08. The van der Waals surface area contributed by atoms with Crippen molar-refractivity contribution in [3.8, 4) is 5.75 Å². The first-order chi connectivity index (χ1) is 16.8. The van der Waals surface area contributed by atoms with E-state index >= 15 is 0 Å². The van der Waals surface area contributed by atoms with Gasteiger partial charge in [-0.3, -0.25) is 19.5 Å². The van der Waals surface area contributed by atoms with Crippen LogP contribution in [0, 0.1) is 0 Å². The van der Waals surface area contributed by atoms with Crippen LogP contribution in [0.5, 0.6) is 5.75 Å².